The van der Waals surface area contributed by atoms with Gasteiger partial charge in [-0.3, -0.25) is 14.6 Å². The number of nitrogens with zero attached hydrogens (tertiary/aromatic N) is 3. The lowest BCUT2D eigenvalue weighted by Gasteiger charge is -2.33. The second-order valence-electron chi connectivity index (χ2n) is 7.41. The summed E-state index contributed by atoms with van der Waals surface area (Å²) < 4.78 is 27.5. The highest BCUT2D eigenvalue weighted by Gasteiger charge is 2.29. The first kappa shape index (κ1) is 22.2. The number of carbonyl (C=O) groups is 2. The maximum Gasteiger partial charge on any atom is 0.255 e. The zero-order valence-corrected chi connectivity index (χ0v) is 18.9. The molecule has 1 aliphatic rings. The van der Waals surface area contributed by atoms with Crippen LogP contribution in [0.5, 0.6) is 0 Å². The van der Waals surface area contributed by atoms with Crippen LogP contribution in [0.25, 0.3) is 10.9 Å². The van der Waals surface area contributed by atoms with Crippen LogP contribution < -0.4 is 5.32 Å². The first-order chi connectivity index (χ1) is 15.3. The fraction of sp³-hybridized carbons (Fsp3) is 0.227. The number of halogens is 1. The van der Waals surface area contributed by atoms with E-state index in [2.05, 4.69) is 10.3 Å². The molecule has 8 nitrogen and oxygen atoms in total. The number of benzene rings is 2. The molecule has 0 atom stereocenters. The van der Waals surface area contributed by atoms with Gasteiger partial charge in [0.1, 0.15) is 0 Å². The van der Waals surface area contributed by atoms with E-state index in [1.54, 1.807) is 41.4 Å². The topological polar surface area (TPSA) is 99.7 Å². The Labute approximate surface area is 190 Å². The van der Waals surface area contributed by atoms with E-state index >= 15 is 0 Å². The van der Waals surface area contributed by atoms with Gasteiger partial charge in [0.15, 0.2) is 0 Å². The molecule has 10 heteroatoms. The normalized spacial score (nSPS) is 15.0. The Morgan fingerprint density at radius 1 is 1.03 bits per heavy atom. The van der Waals surface area contributed by atoms with Crippen molar-refractivity contribution in [1.82, 2.24) is 14.2 Å². The monoisotopic (exact) mass is 472 g/mol. The van der Waals surface area contributed by atoms with Crippen molar-refractivity contribution in [3.8, 4) is 0 Å². The highest BCUT2D eigenvalue weighted by atomic mass is 35.5. The van der Waals surface area contributed by atoms with Crippen LogP contribution in [0.4, 0.5) is 5.69 Å². The van der Waals surface area contributed by atoms with Gasteiger partial charge in [0.2, 0.25) is 15.9 Å². The van der Waals surface area contributed by atoms with Crippen LogP contribution >= 0.6 is 11.6 Å². The van der Waals surface area contributed by atoms with Gasteiger partial charge >= 0.3 is 0 Å². The number of hydrogen-bond donors (Lipinski definition) is 1. The maximum absolute atomic E-state index is 13.1. The van der Waals surface area contributed by atoms with Crippen LogP contribution in [0.15, 0.2) is 59.6 Å². The number of amides is 2. The summed E-state index contributed by atoms with van der Waals surface area (Å²) in [7, 11) is -3.79. The molecule has 4 rings (SSSR count). The average Bonchev–Trinajstić information content (AvgIpc) is 2.79. The highest BCUT2D eigenvalue weighted by molar-refractivity contribution is 7.89. The van der Waals surface area contributed by atoms with Gasteiger partial charge in [-0.2, -0.15) is 4.31 Å². The molecule has 0 unspecified atom stereocenters. The molecular weight excluding hydrogens is 452 g/mol. The third-order valence-electron chi connectivity index (χ3n) is 5.37. The van der Waals surface area contributed by atoms with Crippen LogP contribution in [-0.4, -0.2) is 60.6 Å². The van der Waals surface area contributed by atoms with E-state index in [1.807, 2.05) is 0 Å². The van der Waals surface area contributed by atoms with Crippen LogP contribution in [0.3, 0.4) is 0 Å². The van der Waals surface area contributed by atoms with E-state index in [4.69, 9.17) is 11.6 Å². The zero-order chi connectivity index (χ0) is 22.9. The van der Waals surface area contributed by atoms with Crippen molar-refractivity contribution in [2.24, 2.45) is 0 Å². The number of hydrogen-bond acceptors (Lipinski definition) is 5. The van der Waals surface area contributed by atoms with Gasteiger partial charge in [-0.15, -0.1) is 0 Å². The standard InChI is InChI=1S/C22H21ClN4O4S/c1-15(28)26-9-11-27(12-10-26)32(30,31)18-4-2-3-16(13-18)22(29)25-20-7-8-24-21-14-17(23)5-6-19(20)21/h2-8,13-14H,9-12H2,1H3,(H,24,25,29). The number of sulfonamides is 1. The second-order valence-corrected chi connectivity index (χ2v) is 9.79. The molecule has 32 heavy (non-hydrogen) atoms. The Kier molecular flexibility index (Phi) is 6.14. The van der Waals surface area contributed by atoms with Crippen LogP contribution in [0.1, 0.15) is 17.3 Å². The summed E-state index contributed by atoms with van der Waals surface area (Å²) in [5.41, 5.74) is 1.40. The molecule has 0 radical (unpaired) electrons. The molecule has 2 heterocycles. The summed E-state index contributed by atoms with van der Waals surface area (Å²) >= 11 is 6.01. The molecule has 0 spiro atoms. The summed E-state index contributed by atoms with van der Waals surface area (Å²) in [5, 5.41) is 4.08. The van der Waals surface area contributed by atoms with Crippen molar-refractivity contribution >= 4 is 50.0 Å². The number of piperazine rings is 1. The molecule has 3 aromatic rings. The Balaban J connectivity index is 1.55. The molecular formula is C22H21ClN4O4S. The molecule has 1 N–H and O–H groups in total. The lowest BCUT2D eigenvalue weighted by molar-refractivity contribution is -0.129. The summed E-state index contributed by atoms with van der Waals surface area (Å²) in [4.78, 5) is 30.3. The molecule has 0 bridgehead atoms. The summed E-state index contributed by atoms with van der Waals surface area (Å²) in [5.74, 6) is -0.516. The number of carbonyl (C=O) groups excluding carboxylic acids is 2. The molecule has 2 amide bonds. The van der Waals surface area contributed by atoms with Crippen LogP contribution in [0, 0.1) is 0 Å². The minimum atomic E-state index is -3.79. The Hall–Kier alpha value is -3.01. The lowest BCUT2D eigenvalue weighted by atomic mass is 10.1. The largest absolute Gasteiger partial charge is 0.340 e. The number of fused-ring (bicyclic) bond motifs is 1. The third kappa shape index (κ3) is 4.45. The van der Waals surface area contributed by atoms with Gasteiger partial charge < -0.3 is 10.2 Å². The summed E-state index contributed by atoms with van der Waals surface area (Å²) in [6, 6.07) is 12.8. The fourth-order valence-electron chi connectivity index (χ4n) is 3.61. The van der Waals surface area contributed by atoms with Crippen LogP contribution in [-0.2, 0) is 14.8 Å². The first-order valence-corrected chi connectivity index (χ1v) is 11.8. The van der Waals surface area contributed by atoms with E-state index < -0.39 is 15.9 Å². The highest BCUT2D eigenvalue weighted by Crippen LogP contribution is 2.25. The number of rotatable bonds is 4. The third-order valence-corrected chi connectivity index (χ3v) is 7.50. The van der Waals surface area contributed by atoms with Crippen molar-refractivity contribution in [3.63, 3.8) is 0 Å². The molecule has 1 fully saturated rings. The van der Waals surface area contributed by atoms with Gasteiger partial charge in [-0.1, -0.05) is 17.7 Å². The molecule has 1 aliphatic heterocycles. The fourth-order valence-corrected chi connectivity index (χ4v) is 5.25. The molecule has 0 aliphatic carbocycles. The Morgan fingerprint density at radius 2 is 1.78 bits per heavy atom. The molecule has 1 saturated heterocycles. The van der Waals surface area contributed by atoms with E-state index in [0.29, 0.717) is 29.3 Å². The van der Waals surface area contributed by atoms with Gasteiger partial charge in [0.25, 0.3) is 5.91 Å². The number of nitrogens with one attached hydrogen (secondary N) is 1. The molecule has 0 saturated carbocycles. The van der Waals surface area contributed by atoms with Crippen LogP contribution in [0.2, 0.25) is 5.02 Å². The Bertz CT molecular complexity index is 1300. The quantitative estimate of drug-likeness (QED) is 0.629. The lowest BCUT2D eigenvalue weighted by Crippen LogP contribution is -2.49. The number of aromatic nitrogens is 1. The number of pyridine rings is 1. The maximum atomic E-state index is 13.1. The summed E-state index contributed by atoms with van der Waals surface area (Å²) in [6.07, 6.45) is 1.57. The predicted molar refractivity (Wildman–Crippen MR) is 122 cm³/mol. The van der Waals surface area contributed by atoms with E-state index in [-0.39, 0.29) is 29.5 Å². The summed E-state index contributed by atoms with van der Waals surface area (Å²) in [6.45, 7) is 2.57. The predicted octanol–water partition coefficient (Wildman–Crippen LogP) is 2.99. The van der Waals surface area contributed by atoms with Gasteiger partial charge in [0, 0.05) is 55.3 Å². The van der Waals surface area contributed by atoms with Gasteiger partial charge in [0.05, 0.1) is 16.1 Å². The van der Waals surface area contributed by atoms with E-state index in [0.717, 1.165) is 5.39 Å². The van der Waals surface area contributed by atoms with Crippen molar-refractivity contribution in [2.75, 3.05) is 31.5 Å². The molecule has 166 valence electrons. The van der Waals surface area contributed by atoms with Crippen molar-refractivity contribution < 1.29 is 18.0 Å². The van der Waals surface area contributed by atoms with E-state index in [9.17, 15) is 18.0 Å². The minimum Gasteiger partial charge on any atom is -0.340 e. The SMILES string of the molecule is CC(=O)N1CCN(S(=O)(=O)c2cccc(C(=O)Nc3ccnc4cc(Cl)ccc34)c2)CC1. The zero-order valence-electron chi connectivity index (χ0n) is 17.3. The average molecular weight is 473 g/mol. The second kappa shape index (κ2) is 8.85. The van der Waals surface area contributed by atoms with Crippen molar-refractivity contribution in [3.05, 3.63) is 65.3 Å². The van der Waals surface area contributed by atoms with Crippen molar-refractivity contribution in [2.45, 2.75) is 11.8 Å². The van der Waals surface area contributed by atoms with Gasteiger partial charge in [-0.05, 0) is 42.5 Å². The van der Waals surface area contributed by atoms with Crippen molar-refractivity contribution in [1.29, 1.82) is 0 Å². The Morgan fingerprint density at radius 3 is 2.50 bits per heavy atom. The number of anilines is 1. The first-order valence-electron chi connectivity index (χ1n) is 9.97. The minimum absolute atomic E-state index is 0.0350. The smallest absolute Gasteiger partial charge is 0.255 e. The van der Waals surface area contributed by atoms with E-state index in [1.165, 1.54) is 29.4 Å². The molecule has 1 aromatic heterocycles. The molecule has 2 aromatic carbocycles. The van der Waals surface area contributed by atoms with Gasteiger partial charge in [-0.25, -0.2) is 8.42 Å².